The van der Waals surface area contributed by atoms with E-state index in [-0.39, 0.29) is 17.1 Å². The lowest BCUT2D eigenvalue weighted by atomic mass is 9.59. The highest BCUT2D eigenvalue weighted by molar-refractivity contribution is 5.89. The maximum absolute atomic E-state index is 11.6. The van der Waals surface area contributed by atoms with Gasteiger partial charge in [-0.15, -0.1) is 6.58 Å². The predicted octanol–water partition coefficient (Wildman–Crippen LogP) is 3.13. The fourth-order valence-electron chi connectivity index (χ4n) is 3.32. The molecule has 1 saturated carbocycles. The van der Waals surface area contributed by atoms with Gasteiger partial charge >= 0.3 is 5.97 Å². The molecule has 0 aromatic heterocycles. The molecular weight excluding hydrogens is 216 g/mol. The van der Waals surface area contributed by atoms with Gasteiger partial charge in [0.25, 0.3) is 0 Å². The second-order valence-electron chi connectivity index (χ2n) is 5.18. The molecule has 0 radical (unpaired) electrons. The third kappa shape index (κ3) is 1.99. The van der Waals surface area contributed by atoms with E-state index in [0.29, 0.717) is 24.3 Å². The Hall–Kier alpha value is -1.25. The van der Waals surface area contributed by atoms with Crippen LogP contribution in [0.25, 0.3) is 0 Å². The number of hydrogen-bond acceptors (Lipinski definition) is 3. The van der Waals surface area contributed by atoms with Gasteiger partial charge in [0.1, 0.15) is 5.76 Å². The van der Waals surface area contributed by atoms with Gasteiger partial charge in [-0.25, -0.2) is 4.79 Å². The summed E-state index contributed by atoms with van der Waals surface area (Å²) in [5.74, 6) is 0.249. The van der Waals surface area contributed by atoms with E-state index in [1.807, 2.05) is 6.08 Å². The van der Waals surface area contributed by atoms with Gasteiger partial charge in [-0.1, -0.05) is 18.9 Å². The van der Waals surface area contributed by atoms with Crippen molar-refractivity contribution < 1.29 is 14.6 Å². The average Bonchev–Trinajstić information content (AvgIpc) is 2.36. The van der Waals surface area contributed by atoms with Crippen LogP contribution in [0.3, 0.4) is 0 Å². The highest BCUT2D eigenvalue weighted by Gasteiger charge is 2.44. The summed E-state index contributed by atoms with van der Waals surface area (Å²) >= 11 is 0. The van der Waals surface area contributed by atoms with Gasteiger partial charge in [-0.2, -0.15) is 0 Å². The van der Waals surface area contributed by atoms with Crippen molar-refractivity contribution in [3.05, 3.63) is 24.0 Å². The van der Waals surface area contributed by atoms with Crippen LogP contribution >= 0.6 is 0 Å². The molecule has 3 heteroatoms. The number of carbonyl (C=O) groups excluding carboxylic acids is 1. The van der Waals surface area contributed by atoms with E-state index in [9.17, 15) is 9.90 Å². The summed E-state index contributed by atoms with van der Waals surface area (Å²) in [6, 6.07) is 0. The summed E-state index contributed by atoms with van der Waals surface area (Å²) in [6.45, 7) is 3.93. The SMILES string of the molecule is C=C[C@@]12CCCCC1CC(C(=O)OC)=C(O)C2. The highest BCUT2D eigenvalue weighted by Crippen LogP contribution is 2.52. The number of methoxy groups -OCH3 is 1. The summed E-state index contributed by atoms with van der Waals surface area (Å²) in [4.78, 5) is 11.6. The van der Waals surface area contributed by atoms with Crippen LogP contribution < -0.4 is 0 Å². The van der Waals surface area contributed by atoms with Crippen molar-refractivity contribution in [3.8, 4) is 0 Å². The summed E-state index contributed by atoms with van der Waals surface area (Å²) in [5.41, 5.74) is 0.469. The van der Waals surface area contributed by atoms with E-state index < -0.39 is 0 Å². The van der Waals surface area contributed by atoms with Crippen molar-refractivity contribution in [3.63, 3.8) is 0 Å². The molecule has 1 N–H and O–H groups in total. The van der Waals surface area contributed by atoms with Crippen molar-refractivity contribution in [1.82, 2.24) is 0 Å². The third-order valence-electron chi connectivity index (χ3n) is 4.39. The van der Waals surface area contributed by atoms with Crippen molar-refractivity contribution in [2.45, 2.75) is 38.5 Å². The Morgan fingerprint density at radius 3 is 3.00 bits per heavy atom. The second kappa shape index (κ2) is 4.55. The number of carbonyl (C=O) groups is 1. The lowest BCUT2D eigenvalue weighted by Crippen LogP contribution is -2.37. The Labute approximate surface area is 102 Å². The van der Waals surface area contributed by atoms with Gasteiger partial charge in [0.05, 0.1) is 12.7 Å². The standard InChI is InChI=1S/C14H20O3/c1-3-14-7-5-4-6-10(14)8-11(12(15)9-14)13(16)17-2/h3,10,15H,1,4-9H2,2H3/t10?,14-/m0/s1. The molecule has 0 spiro atoms. The Morgan fingerprint density at radius 1 is 1.59 bits per heavy atom. The molecule has 0 heterocycles. The normalized spacial score (nSPS) is 32.9. The smallest absolute Gasteiger partial charge is 0.337 e. The van der Waals surface area contributed by atoms with Crippen molar-refractivity contribution in [2.24, 2.45) is 11.3 Å². The average molecular weight is 236 g/mol. The molecular formula is C14H20O3. The molecule has 1 unspecified atom stereocenters. The quantitative estimate of drug-likeness (QED) is 0.592. The summed E-state index contributed by atoms with van der Waals surface area (Å²) in [6.07, 6.45) is 7.73. The summed E-state index contributed by atoms with van der Waals surface area (Å²) in [5, 5.41) is 10.0. The zero-order valence-electron chi connectivity index (χ0n) is 10.4. The van der Waals surface area contributed by atoms with Gasteiger partial charge in [-0.3, -0.25) is 0 Å². The van der Waals surface area contributed by atoms with Crippen LogP contribution in [0.4, 0.5) is 0 Å². The molecule has 2 atom stereocenters. The van der Waals surface area contributed by atoms with Crippen LogP contribution in [0.15, 0.2) is 24.0 Å². The van der Waals surface area contributed by atoms with Crippen LogP contribution in [0.5, 0.6) is 0 Å². The van der Waals surface area contributed by atoms with Crippen LogP contribution in [0, 0.1) is 11.3 Å². The highest BCUT2D eigenvalue weighted by atomic mass is 16.5. The third-order valence-corrected chi connectivity index (χ3v) is 4.39. The van der Waals surface area contributed by atoms with Crippen molar-refractivity contribution in [2.75, 3.05) is 7.11 Å². The molecule has 17 heavy (non-hydrogen) atoms. The number of fused-ring (bicyclic) bond motifs is 1. The first-order chi connectivity index (χ1) is 8.13. The van der Waals surface area contributed by atoms with Gasteiger partial charge in [0.15, 0.2) is 0 Å². The van der Waals surface area contributed by atoms with Crippen molar-refractivity contribution in [1.29, 1.82) is 0 Å². The molecule has 0 aliphatic heterocycles. The number of rotatable bonds is 2. The molecule has 3 nitrogen and oxygen atoms in total. The molecule has 0 saturated heterocycles. The molecule has 2 aliphatic rings. The maximum atomic E-state index is 11.6. The molecule has 0 bridgehead atoms. The van der Waals surface area contributed by atoms with E-state index in [2.05, 4.69) is 6.58 Å². The molecule has 1 fully saturated rings. The fraction of sp³-hybridized carbons (Fsp3) is 0.643. The number of hydrogen-bond donors (Lipinski definition) is 1. The monoisotopic (exact) mass is 236 g/mol. The van der Waals surface area contributed by atoms with Gasteiger partial charge in [0.2, 0.25) is 0 Å². The molecule has 94 valence electrons. The number of aliphatic hydroxyl groups excluding tert-OH is 1. The molecule has 2 rings (SSSR count). The van der Waals surface area contributed by atoms with Crippen LogP contribution in [0.2, 0.25) is 0 Å². The Bertz CT molecular complexity index is 370. The number of esters is 1. The molecule has 0 aromatic rings. The molecule has 2 aliphatic carbocycles. The fourth-order valence-corrected chi connectivity index (χ4v) is 3.32. The lowest BCUT2D eigenvalue weighted by molar-refractivity contribution is -0.137. The Morgan fingerprint density at radius 2 is 2.35 bits per heavy atom. The van der Waals surface area contributed by atoms with Crippen molar-refractivity contribution >= 4 is 5.97 Å². The zero-order chi connectivity index (χ0) is 12.5. The first-order valence-electron chi connectivity index (χ1n) is 6.26. The van der Waals surface area contributed by atoms with Gasteiger partial charge in [0, 0.05) is 6.42 Å². The van der Waals surface area contributed by atoms with Crippen LogP contribution in [-0.2, 0) is 9.53 Å². The van der Waals surface area contributed by atoms with Crippen LogP contribution in [0.1, 0.15) is 38.5 Å². The van der Waals surface area contributed by atoms with E-state index in [0.717, 1.165) is 12.8 Å². The molecule has 0 aromatic carbocycles. The van der Waals surface area contributed by atoms with Crippen LogP contribution in [-0.4, -0.2) is 18.2 Å². The predicted molar refractivity (Wildman–Crippen MR) is 65.5 cm³/mol. The molecule has 0 amide bonds. The summed E-state index contributed by atoms with van der Waals surface area (Å²) in [7, 11) is 1.36. The van der Waals surface area contributed by atoms with Gasteiger partial charge in [-0.05, 0) is 30.6 Å². The lowest BCUT2D eigenvalue weighted by Gasteiger charge is -2.45. The Kier molecular flexibility index (Phi) is 3.27. The first-order valence-corrected chi connectivity index (χ1v) is 6.26. The van der Waals surface area contributed by atoms with Gasteiger partial charge < -0.3 is 9.84 Å². The van der Waals surface area contributed by atoms with E-state index >= 15 is 0 Å². The summed E-state index contributed by atoms with van der Waals surface area (Å²) < 4.78 is 4.72. The number of aliphatic hydroxyl groups is 1. The number of ether oxygens (including phenoxy) is 1. The minimum atomic E-state index is -0.384. The minimum Gasteiger partial charge on any atom is -0.512 e. The first kappa shape index (κ1) is 12.2. The second-order valence-corrected chi connectivity index (χ2v) is 5.18. The van der Waals surface area contributed by atoms with E-state index in [4.69, 9.17) is 4.74 Å². The van der Waals surface area contributed by atoms with E-state index in [1.54, 1.807) is 0 Å². The minimum absolute atomic E-state index is 0.000144. The maximum Gasteiger partial charge on any atom is 0.337 e. The largest absolute Gasteiger partial charge is 0.512 e. The Balaban J connectivity index is 2.31. The number of allylic oxidation sites excluding steroid dienone is 2. The van der Waals surface area contributed by atoms with E-state index in [1.165, 1.54) is 20.0 Å². The zero-order valence-corrected chi connectivity index (χ0v) is 10.4. The topological polar surface area (TPSA) is 46.5 Å².